The molecule has 3 saturated heterocycles. The van der Waals surface area contributed by atoms with Gasteiger partial charge in [-0.2, -0.15) is 0 Å². The number of alkyl carbamates (subject to hydrolysis) is 2. The highest BCUT2D eigenvalue weighted by Crippen LogP contribution is 2.47. The summed E-state index contributed by atoms with van der Waals surface area (Å²) >= 11 is 0. The Morgan fingerprint density at radius 2 is 1.22 bits per heavy atom. The van der Waals surface area contributed by atoms with E-state index in [9.17, 15) is 28.4 Å². The number of nitrogens with one attached hydrogen (secondary N) is 4. The normalized spacial score (nSPS) is 20.6. The Bertz CT molecular complexity index is 2280. The molecule has 3 aliphatic rings. The van der Waals surface area contributed by atoms with Gasteiger partial charge in [0.25, 0.3) is 0 Å². The average Bonchev–Trinajstić information content (AvgIpc) is 4.14. The third-order valence-corrected chi connectivity index (χ3v) is 12.7. The van der Waals surface area contributed by atoms with Crippen LogP contribution < -0.4 is 20.9 Å². The summed E-state index contributed by atoms with van der Waals surface area (Å²) in [7, 11) is 2.52. The lowest BCUT2D eigenvalue weighted by Gasteiger charge is -2.33. The molecule has 4 heterocycles. The highest BCUT2D eigenvalue weighted by molar-refractivity contribution is 5.98. The molecule has 6 unspecified atom stereocenters. The van der Waals surface area contributed by atoms with E-state index in [-0.39, 0.29) is 53.5 Å². The summed E-state index contributed by atoms with van der Waals surface area (Å²) < 4.78 is 23.7. The first-order chi connectivity index (χ1) is 30.8. The smallest absolute Gasteiger partial charge is 0.407 e. The quantitative estimate of drug-likeness (QED) is 0.105. The standard InChI is InChI=1S/C48H59FN8O7/c1-28(2)41(53-47(61)63-5)45(59)55-25-7-9-39(55)43-50-27-36(52-43)30-11-13-31(14-12-30)37-23-24-38(57(37)35-21-17-33(49)18-22-35)32-15-19-34(20-16-32)51-44(58)40-10-8-26-56(40)46(60)42(29(3)4)54-48(62)64-6/h11-22,27-29,37-42H,7-10,23-26H2,1-6H3,(H,50,52)(H,51,58)(H,53,61)(H,54,62). The molecule has 0 bridgehead atoms. The Kier molecular flexibility index (Phi) is 14.2. The zero-order valence-corrected chi connectivity index (χ0v) is 37.3. The van der Waals surface area contributed by atoms with E-state index in [2.05, 4.69) is 50.1 Å². The van der Waals surface area contributed by atoms with Crippen molar-refractivity contribution in [3.05, 3.63) is 102 Å². The predicted molar refractivity (Wildman–Crippen MR) is 239 cm³/mol. The number of hydrogen-bond donors (Lipinski definition) is 4. The largest absolute Gasteiger partial charge is 0.453 e. The fraction of sp³-hybridized carbons (Fsp3) is 0.458. The molecule has 1 aromatic heterocycles. The van der Waals surface area contributed by atoms with Gasteiger partial charge in [0.1, 0.15) is 29.8 Å². The third kappa shape index (κ3) is 9.85. The van der Waals surface area contributed by atoms with Crippen molar-refractivity contribution < 1.29 is 37.8 Å². The summed E-state index contributed by atoms with van der Waals surface area (Å²) in [6.07, 6.45) is 4.87. The molecule has 3 aliphatic heterocycles. The zero-order valence-electron chi connectivity index (χ0n) is 37.3. The lowest BCUT2D eigenvalue weighted by Crippen LogP contribution is -2.54. The highest BCUT2D eigenvalue weighted by atomic mass is 19.1. The van der Waals surface area contributed by atoms with Crippen LogP contribution in [0.4, 0.5) is 25.4 Å². The molecule has 4 aromatic rings. The molecule has 3 fully saturated rings. The van der Waals surface area contributed by atoms with Crippen molar-refractivity contribution in [1.82, 2.24) is 30.4 Å². The summed E-state index contributed by atoms with van der Waals surface area (Å²) in [5.41, 5.74) is 5.39. The van der Waals surface area contributed by atoms with Crippen LogP contribution in [0.1, 0.15) is 101 Å². The molecule has 16 heteroatoms. The number of carbonyl (C=O) groups excluding carboxylic acids is 5. The van der Waals surface area contributed by atoms with Crippen LogP contribution >= 0.6 is 0 Å². The first-order valence-corrected chi connectivity index (χ1v) is 22.2. The summed E-state index contributed by atoms with van der Waals surface area (Å²) in [6.45, 7) is 8.42. The minimum absolute atomic E-state index is 0.0130. The van der Waals surface area contributed by atoms with Gasteiger partial charge in [0.2, 0.25) is 17.7 Å². The number of rotatable bonds is 13. The van der Waals surface area contributed by atoms with Gasteiger partial charge in [0, 0.05) is 24.5 Å². The maximum Gasteiger partial charge on any atom is 0.407 e. The van der Waals surface area contributed by atoms with Gasteiger partial charge in [-0.3, -0.25) is 14.4 Å². The van der Waals surface area contributed by atoms with Crippen molar-refractivity contribution in [3.63, 3.8) is 0 Å². The van der Waals surface area contributed by atoms with Crippen LogP contribution in [0.2, 0.25) is 0 Å². The number of likely N-dealkylation sites (tertiary alicyclic amines) is 2. The fourth-order valence-electron chi connectivity index (χ4n) is 9.36. The molecule has 0 spiro atoms. The van der Waals surface area contributed by atoms with Crippen LogP contribution in [0.5, 0.6) is 0 Å². The van der Waals surface area contributed by atoms with Gasteiger partial charge in [-0.25, -0.2) is 19.0 Å². The van der Waals surface area contributed by atoms with Crippen molar-refractivity contribution in [1.29, 1.82) is 0 Å². The predicted octanol–water partition coefficient (Wildman–Crippen LogP) is 7.65. The minimum atomic E-state index is -0.821. The Hall–Kier alpha value is -6.45. The second-order valence-corrected chi connectivity index (χ2v) is 17.5. The van der Waals surface area contributed by atoms with Crippen LogP contribution in [0.25, 0.3) is 11.3 Å². The summed E-state index contributed by atoms with van der Waals surface area (Å²) in [6, 6.07) is 20.1. The molecule has 4 N–H and O–H groups in total. The summed E-state index contributed by atoms with van der Waals surface area (Å²) in [5, 5.41) is 8.32. The maximum atomic E-state index is 14.2. The van der Waals surface area contributed by atoms with Crippen LogP contribution in [0.15, 0.2) is 79.0 Å². The molecule has 0 aliphatic carbocycles. The Balaban J connectivity index is 1.05. The van der Waals surface area contributed by atoms with E-state index >= 15 is 0 Å². The summed E-state index contributed by atoms with van der Waals surface area (Å²) in [4.78, 5) is 78.7. The molecule has 340 valence electrons. The Morgan fingerprint density at radius 1 is 0.688 bits per heavy atom. The lowest BCUT2D eigenvalue weighted by molar-refractivity contribution is -0.139. The SMILES string of the molecule is COC(=O)NC(C(=O)N1CCCC1C(=O)Nc1ccc(C2CCC(c3ccc(-c4cnc(C5CCCN5C(=O)C(NC(=O)OC)C(C)C)[nH]4)cc3)N2c2ccc(F)cc2)cc1)C(C)C. The minimum Gasteiger partial charge on any atom is -0.453 e. The molecule has 64 heavy (non-hydrogen) atoms. The number of aromatic nitrogens is 2. The zero-order chi connectivity index (χ0) is 45.7. The number of imidazole rings is 1. The Morgan fingerprint density at radius 3 is 1.78 bits per heavy atom. The van der Waals surface area contributed by atoms with Crippen LogP contribution in [0, 0.1) is 17.7 Å². The fourth-order valence-corrected chi connectivity index (χ4v) is 9.36. The molecule has 6 atom stereocenters. The second-order valence-electron chi connectivity index (χ2n) is 17.5. The molecule has 0 saturated carbocycles. The average molecular weight is 879 g/mol. The number of amides is 5. The van der Waals surface area contributed by atoms with Gasteiger partial charge >= 0.3 is 12.2 Å². The van der Waals surface area contributed by atoms with Gasteiger partial charge in [-0.15, -0.1) is 0 Å². The number of ether oxygens (including phenoxy) is 2. The van der Waals surface area contributed by atoms with Gasteiger partial charge in [-0.05, 0) is 103 Å². The molecule has 7 rings (SSSR count). The van der Waals surface area contributed by atoms with E-state index in [0.29, 0.717) is 37.4 Å². The highest BCUT2D eigenvalue weighted by Gasteiger charge is 2.40. The molecule has 3 aromatic carbocycles. The van der Waals surface area contributed by atoms with Gasteiger partial charge in [-0.1, -0.05) is 64.1 Å². The number of methoxy groups -OCH3 is 2. The number of carbonyl (C=O) groups is 5. The third-order valence-electron chi connectivity index (χ3n) is 12.7. The molecular weight excluding hydrogens is 820 g/mol. The Labute approximate surface area is 373 Å². The first-order valence-electron chi connectivity index (χ1n) is 22.2. The van der Waals surface area contributed by atoms with E-state index in [1.807, 2.05) is 52.0 Å². The van der Waals surface area contributed by atoms with Crippen LogP contribution in [-0.4, -0.2) is 95.1 Å². The summed E-state index contributed by atoms with van der Waals surface area (Å²) in [5.74, 6) is -0.733. The van der Waals surface area contributed by atoms with Crippen LogP contribution in [-0.2, 0) is 23.9 Å². The van der Waals surface area contributed by atoms with Crippen LogP contribution in [0.3, 0.4) is 0 Å². The molecular formula is C48H59FN8O7. The van der Waals surface area contributed by atoms with E-state index in [1.165, 1.54) is 26.4 Å². The molecule has 5 amide bonds. The number of benzene rings is 3. The van der Waals surface area contributed by atoms with Crippen molar-refractivity contribution >= 4 is 41.3 Å². The number of H-pyrrole nitrogens is 1. The van der Waals surface area contributed by atoms with E-state index in [0.717, 1.165) is 53.8 Å². The van der Waals surface area contributed by atoms with Gasteiger partial charge < -0.3 is 45.1 Å². The monoisotopic (exact) mass is 878 g/mol. The van der Waals surface area contributed by atoms with Crippen molar-refractivity contribution in [2.24, 2.45) is 11.8 Å². The number of aromatic amines is 1. The topological polar surface area (TPSA) is 178 Å². The van der Waals surface area contributed by atoms with Crippen molar-refractivity contribution in [2.75, 3.05) is 37.5 Å². The molecule has 0 radical (unpaired) electrons. The number of hydrogen-bond acceptors (Lipinski definition) is 9. The van der Waals surface area contributed by atoms with E-state index in [1.54, 1.807) is 28.1 Å². The van der Waals surface area contributed by atoms with E-state index in [4.69, 9.17) is 14.5 Å². The number of nitrogens with zero attached hydrogens (tertiary/aromatic N) is 4. The van der Waals surface area contributed by atoms with Crippen molar-refractivity contribution in [3.8, 4) is 11.3 Å². The van der Waals surface area contributed by atoms with E-state index < -0.39 is 30.3 Å². The van der Waals surface area contributed by atoms with Gasteiger partial charge in [0.05, 0.1) is 44.2 Å². The van der Waals surface area contributed by atoms with Crippen molar-refractivity contribution in [2.45, 2.75) is 102 Å². The lowest BCUT2D eigenvalue weighted by atomic mass is 10.0. The number of halogens is 1. The molecule has 15 nitrogen and oxygen atoms in total. The maximum absolute atomic E-state index is 14.2. The second kappa shape index (κ2) is 19.9. The number of anilines is 2. The van der Waals surface area contributed by atoms with Gasteiger partial charge in [0.15, 0.2) is 0 Å². The first kappa shape index (κ1) is 45.6.